The number of carboxylic acids is 1. The van der Waals surface area contributed by atoms with E-state index in [1.165, 1.54) is 24.6 Å². The molecule has 0 bridgehead atoms. The van der Waals surface area contributed by atoms with E-state index in [1.807, 2.05) is 6.07 Å². The zero-order valence-corrected chi connectivity index (χ0v) is 17.9. The molecule has 0 unspecified atom stereocenters. The molecule has 0 saturated carbocycles. The van der Waals surface area contributed by atoms with E-state index in [2.05, 4.69) is 15.9 Å². The molecule has 9 heteroatoms. The third-order valence-corrected chi connectivity index (χ3v) is 7.47. The highest BCUT2D eigenvalue weighted by atomic mass is 79.9. The van der Waals surface area contributed by atoms with Crippen molar-refractivity contribution in [3.05, 3.63) is 74.9 Å². The number of thiophene rings is 1. The zero-order chi connectivity index (χ0) is 20.3. The van der Waals surface area contributed by atoms with Crippen LogP contribution in [0.1, 0.15) is 15.9 Å². The quantitative estimate of drug-likeness (QED) is 0.532. The third kappa shape index (κ3) is 4.06. The number of nitrogens with zero attached hydrogens (tertiary/aromatic N) is 1. The number of ether oxygens (including phenoxy) is 1. The average molecular weight is 482 g/mol. The predicted octanol–water partition coefficient (Wildman–Crippen LogP) is 4.61. The summed E-state index contributed by atoms with van der Waals surface area (Å²) in [5.74, 6) is -0.670. The number of methoxy groups -OCH3 is 1. The van der Waals surface area contributed by atoms with Gasteiger partial charge in [-0.1, -0.05) is 30.3 Å². The topological polar surface area (TPSA) is 83.9 Å². The van der Waals surface area contributed by atoms with Crippen molar-refractivity contribution in [3.8, 4) is 5.75 Å². The summed E-state index contributed by atoms with van der Waals surface area (Å²) in [6, 6.07) is 15.0. The average Bonchev–Trinajstić information content (AvgIpc) is 3.08. The third-order valence-electron chi connectivity index (χ3n) is 4.02. The first kappa shape index (κ1) is 20.4. The molecule has 0 fully saturated rings. The number of benzene rings is 2. The minimum Gasteiger partial charge on any atom is -0.497 e. The highest BCUT2D eigenvalue weighted by Gasteiger charge is 2.31. The van der Waals surface area contributed by atoms with E-state index < -0.39 is 16.0 Å². The van der Waals surface area contributed by atoms with Gasteiger partial charge in [0.25, 0.3) is 10.0 Å². The van der Waals surface area contributed by atoms with Gasteiger partial charge in [0.15, 0.2) is 0 Å². The van der Waals surface area contributed by atoms with Crippen LogP contribution in [-0.4, -0.2) is 26.6 Å². The van der Waals surface area contributed by atoms with Gasteiger partial charge in [0.2, 0.25) is 0 Å². The molecule has 0 amide bonds. The van der Waals surface area contributed by atoms with Crippen molar-refractivity contribution in [2.75, 3.05) is 11.4 Å². The summed E-state index contributed by atoms with van der Waals surface area (Å²) < 4.78 is 33.5. The first-order valence-electron chi connectivity index (χ1n) is 8.05. The van der Waals surface area contributed by atoms with Crippen molar-refractivity contribution < 1.29 is 23.1 Å². The van der Waals surface area contributed by atoms with Crippen LogP contribution < -0.4 is 9.04 Å². The molecule has 28 heavy (non-hydrogen) atoms. The lowest BCUT2D eigenvalue weighted by molar-refractivity contribution is 0.0698. The SMILES string of the molecule is COc1ccc(S(=O)(=O)N(Cc2ccccc2)c2c(C(=O)O)csc2Br)cc1. The molecule has 0 atom stereocenters. The normalized spacial score (nSPS) is 11.2. The van der Waals surface area contributed by atoms with Gasteiger partial charge in [-0.3, -0.25) is 4.31 Å². The van der Waals surface area contributed by atoms with Gasteiger partial charge in [0.1, 0.15) is 5.75 Å². The first-order chi connectivity index (χ1) is 13.3. The lowest BCUT2D eigenvalue weighted by Gasteiger charge is -2.25. The molecule has 146 valence electrons. The van der Waals surface area contributed by atoms with E-state index in [1.54, 1.807) is 36.4 Å². The second-order valence-electron chi connectivity index (χ2n) is 5.75. The Morgan fingerprint density at radius 2 is 1.79 bits per heavy atom. The molecule has 0 aliphatic rings. The van der Waals surface area contributed by atoms with E-state index in [-0.39, 0.29) is 22.7 Å². The second-order valence-corrected chi connectivity index (χ2v) is 9.81. The Bertz CT molecular complexity index is 1080. The molecule has 6 nitrogen and oxygen atoms in total. The Labute approximate surface area is 175 Å². The Kier molecular flexibility index (Phi) is 6.07. The summed E-state index contributed by atoms with van der Waals surface area (Å²) in [4.78, 5) is 11.7. The highest BCUT2D eigenvalue weighted by Crippen LogP contribution is 2.40. The van der Waals surface area contributed by atoms with Crippen LogP contribution >= 0.6 is 27.3 Å². The van der Waals surface area contributed by atoms with Gasteiger partial charge in [-0.2, -0.15) is 0 Å². The van der Waals surface area contributed by atoms with Crippen LogP contribution in [0.2, 0.25) is 0 Å². The summed E-state index contributed by atoms with van der Waals surface area (Å²) in [6.07, 6.45) is 0. The number of hydrogen-bond donors (Lipinski definition) is 1. The Morgan fingerprint density at radius 1 is 1.14 bits per heavy atom. The number of carboxylic acid groups (broad SMARTS) is 1. The van der Waals surface area contributed by atoms with Crippen molar-refractivity contribution in [2.24, 2.45) is 0 Å². The maximum atomic E-state index is 13.4. The predicted molar refractivity (Wildman–Crippen MR) is 112 cm³/mol. The summed E-state index contributed by atoms with van der Waals surface area (Å²) in [5.41, 5.74) is 0.760. The van der Waals surface area contributed by atoms with Crippen LogP contribution in [0.3, 0.4) is 0 Å². The smallest absolute Gasteiger partial charge is 0.338 e. The fourth-order valence-electron chi connectivity index (χ4n) is 2.62. The maximum Gasteiger partial charge on any atom is 0.338 e. The molecule has 0 radical (unpaired) electrons. The lowest BCUT2D eigenvalue weighted by Crippen LogP contribution is -2.31. The Morgan fingerprint density at radius 3 is 2.36 bits per heavy atom. The largest absolute Gasteiger partial charge is 0.497 e. The molecule has 0 spiro atoms. The van der Waals surface area contributed by atoms with Crippen molar-refractivity contribution >= 4 is 48.9 Å². The number of halogens is 1. The van der Waals surface area contributed by atoms with Crippen LogP contribution in [0.4, 0.5) is 5.69 Å². The van der Waals surface area contributed by atoms with Gasteiger partial charge < -0.3 is 9.84 Å². The van der Waals surface area contributed by atoms with Crippen molar-refractivity contribution in [2.45, 2.75) is 11.4 Å². The van der Waals surface area contributed by atoms with Crippen molar-refractivity contribution in [1.29, 1.82) is 0 Å². The van der Waals surface area contributed by atoms with Gasteiger partial charge in [-0.15, -0.1) is 11.3 Å². The van der Waals surface area contributed by atoms with Crippen molar-refractivity contribution in [3.63, 3.8) is 0 Å². The summed E-state index contributed by atoms with van der Waals surface area (Å²) in [7, 11) is -2.54. The number of hydrogen-bond acceptors (Lipinski definition) is 5. The van der Waals surface area contributed by atoms with Crippen LogP contribution in [0.15, 0.2) is 68.7 Å². The molecule has 1 aromatic heterocycles. The lowest BCUT2D eigenvalue weighted by atomic mass is 10.2. The van der Waals surface area contributed by atoms with E-state index in [0.717, 1.165) is 21.2 Å². The highest BCUT2D eigenvalue weighted by molar-refractivity contribution is 9.11. The summed E-state index contributed by atoms with van der Waals surface area (Å²) in [6.45, 7) is -0.00911. The zero-order valence-electron chi connectivity index (χ0n) is 14.7. The van der Waals surface area contributed by atoms with Gasteiger partial charge in [0.05, 0.1) is 33.6 Å². The van der Waals surface area contributed by atoms with Crippen LogP contribution in [0.25, 0.3) is 0 Å². The Balaban J connectivity index is 2.15. The van der Waals surface area contributed by atoms with Gasteiger partial charge in [-0.25, -0.2) is 13.2 Å². The molecule has 3 rings (SSSR count). The maximum absolute atomic E-state index is 13.4. The second kappa shape index (κ2) is 8.34. The molecule has 3 aromatic rings. The van der Waals surface area contributed by atoms with Gasteiger partial charge >= 0.3 is 5.97 Å². The first-order valence-corrected chi connectivity index (χ1v) is 11.2. The molecule has 1 heterocycles. The fourth-order valence-corrected chi connectivity index (χ4v) is 5.75. The molecule has 0 aliphatic heterocycles. The molecular weight excluding hydrogens is 466 g/mol. The summed E-state index contributed by atoms with van der Waals surface area (Å²) in [5, 5.41) is 11.0. The van der Waals surface area contributed by atoms with E-state index in [9.17, 15) is 18.3 Å². The molecule has 1 N–H and O–H groups in total. The number of anilines is 1. The minimum absolute atomic E-state index is 0.00911. The molecule has 0 aliphatic carbocycles. The molecular formula is C19H16BrNO5S2. The number of sulfonamides is 1. The van der Waals surface area contributed by atoms with Gasteiger partial charge in [0, 0.05) is 5.38 Å². The monoisotopic (exact) mass is 481 g/mol. The van der Waals surface area contributed by atoms with E-state index in [4.69, 9.17) is 4.74 Å². The Hall–Kier alpha value is -2.36. The fraction of sp³-hybridized carbons (Fsp3) is 0.105. The van der Waals surface area contributed by atoms with Crippen LogP contribution in [-0.2, 0) is 16.6 Å². The molecule has 2 aromatic carbocycles. The standard InChI is InChI=1S/C19H16BrNO5S2/c1-26-14-7-9-15(10-8-14)28(24,25)21(11-13-5-3-2-4-6-13)17-16(19(22)23)12-27-18(17)20/h2-10,12H,11H2,1H3,(H,22,23). The minimum atomic E-state index is -4.03. The number of aromatic carboxylic acids is 1. The van der Waals surface area contributed by atoms with Crippen LogP contribution in [0.5, 0.6) is 5.75 Å². The van der Waals surface area contributed by atoms with Gasteiger partial charge in [-0.05, 0) is 45.8 Å². The summed E-state index contributed by atoms with van der Waals surface area (Å²) >= 11 is 4.44. The van der Waals surface area contributed by atoms with E-state index >= 15 is 0 Å². The van der Waals surface area contributed by atoms with Crippen molar-refractivity contribution in [1.82, 2.24) is 0 Å². The number of rotatable bonds is 7. The van der Waals surface area contributed by atoms with Crippen LogP contribution in [0, 0.1) is 0 Å². The molecule has 0 saturated heterocycles. The number of carbonyl (C=O) groups is 1. The van der Waals surface area contributed by atoms with E-state index in [0.29, 0.717) is 9.54 Å².